The summed E-state index contributed by atoms with van der Waals surface area (Å²) in [6.07, 6.45) is 1.57. The molecule has 3 N–H and O–H groups in total. The van der Waals surface area contributed by atoms with Crippen molar-refractivity contribution in [2.75, 3.05) is 5.73 Å². The summed E-state index contributed by atoms with van der Waals surface area (Å²) in [6, 6.07) is 9.53. The van der Waals surface area contributed by atoms with Crippen LogP contribution >= 0.6 is 15.9 Å². The normalized spacial score (nSPS) is 11.9. The van der Waals surface area contributed by atoms with E-state index in [9.17, 15) is 4.79 Å². The number of nitrogens with one attached hydrogen (secondary N) is 1. The minimum Gasteiger partial charge on any atom is -0.383 e. The summed E-state index contributed by atoms with van der Waals surface area (Å²) in [5.74, 6) is -0.00487. The summed E-state index contributed by atoms with van der Waals surface area (Å²) in [7, 11) is 0. The molecule has 2 rings (SSSR count). The number of halogens is 1. The SMILES string of the molecule is Cc1ccccc1C(C)NC(=O)c1cc(Br)cnc1N. The molecule has 0 saturated carbocycles. The number of nitrogens with zero attached hydrogens (tertiary/aromatic N) is 1. The van der Waals surface area contributed by atoms with Gasteiger partial charge < -0.3 is 11.1 Å². The van der Waals surface area contributed by atoms with Gasteiger partial charge in [0.15, 0.2) is 0 Å². The standard InChI is InChI=1S/C15H16BrN3O/c1-9-5-3-4-6-12(9)10(2)19-15(20)13-7-11(16)8-18-14(13)17/h3-8,10H,1-2H3,(H2,17,18)(H,19,20). The molecular weight excluding hydrogens is 318 g/mol. The van der Waals surface area contributed by atoms with Gasteiger partial charge >= 0.3 is 0 Å². The molecule has 1 atom stereocenters. The number of anilines is 1. The van der Waals surface area contributed by atoms with Crippen LogP contribution in [0, 0.1) is 6.92 Å². The molecule has 1 aromatic heterocycles. The molecule has 104 valence electrons. The number of hydrogen-bond acceptors (Lipinski definition) is 3. The van der Waals surface area contributed by atoms with E-state index >= 15 is 0 Å². The fraction of sp³-hybridized carbons (Fsp3) is 0.200. The highest BCUT2D eigenvalue weighted by atomic mass is 79.9. The maximum Gasteiger partial charge on any atom is 0.255 e. The molecule has 1 aromatic carbocycles. The Labute approximate surface area is 126 Å². The van der Waals surface area contributed by atoms with Gasteiger partial charge in [0.25, 0.3) is 5.91 Å². The molecule has 0 aliphatic carbocycles. The van der Waals surface area contributed by atoms with E-state index in [0.717, 1.165) is 15.6 Å². The topological polar surface area (TPSA) is 68.0 Å². The third-order valence-corrected chi connectivity index (χ3v) is 3.57. The van der Waals surface area contributed by atoms with Crippen molar-refractivity contribution in [2.45, 2.75) is 19.9 Å². The monoisotopic (exact) mass is 333 g/mol. The second kappa shape index (κ2) is 6.05. The van der Waals surface area contributed by atoms with Crippen LogP contribution in [0.2, 0.25) is 0 Å². The average molecular weight is 334 g/mol. The Morgan fingerprint density at radius 3 is 2.80 bits per heavy atom. The van der Waals surface area contributed by atoms with E-state index in [-0.39, 0.29) is 17.8 Å². The number of amides is 1. The second-order valence-electron chi connectivity index (χ2n) is 4.64. The fourth-order valence-corrected chi connectivity index (χ4v) is 2.39. The highest BCUT2D eigenvalue weighted by molar-refractivity contribution is 9.10. The molecule has 0 saturated heterocycles. The molecule has 5 heteroatoms. The molecule has 1 heterocycles. The van der Waals surface area contributed by atoms with Gasteiger partial charge in [0, 0.05) is 10.7 Å². The van der Waals surface area contributed by atoms with Gasteiger partial charge in [0.05, 0.1) is 11.6 Å². The predicted octanol–water partition coefficient (Wildman–Crippen LogP) is 3.23. The number of nitrogen functional groups attached to an aromatic ring is 1. The van der Waals surface area contributed by atoms with E-state index in [4.69, 9.17) is 5.73 Å². The van der Waals surface area contributed by atoms with Gasteiger partial charge in [0.2, 0.25) is 0 Å². The van der Waals surface area contributed by atoms with Gasteiger partial charge in [-0.25, -0.2) is 4.98 Å². The summed E-state index contributed by atoms with van der Waals surface area (Å²) < 4.78 is 0.723. The summed E-state index contributed by atoms with van der Waals surface area (Å²) >= 11 is 3.29. The van der Waals surface area contributed by atoms with Gasteiger partial charge in [-0.05, 0) is 47.0 Å². The number of rotatable bonds is 3. The molecule has 0 aliphatic heterocycles. The van der Waals surface area contributed by atoms with Crippen LogP contribution in [0.25, 0.3) is 0 Å². The van der Waals surface area contributed by atoms with Crippen LogP contribution in [0.1, 0.15) is 34.5 Å². The van der Waals surface area contributed by atoms with Crippen LogP contribution < -0.4 is 11.1 Å². The van der Waals surface area contributed by atoms with Crippen molar-refractivity contribution < 1.29 is 4.79 Å². The van der Waals surface area contributed by atoms with Crippen molar-refractivity contribution in [3.63, 3.8) is 0 Å². The number of carbonyl (C=O) groups is 1. The van der Waals surface area contributed by atoms with Crippen LogP contribution in [0.4, 0.5) is 5.82 Å². The largest absolute Gasteiger partial charge is 0.383 e. The van der Waals surface area contributed by atoms with Crippen LogP contribution in [0.15, 0.2) is 41.0 Å². The van der Waals surface area contributed by atoms with E-state index in [1.165, 1.54) is 0 Å². The molecule has 0 bridgehead atoms. The van der Waals surface area contributed by atoms with Gasteiger partial charge in [-0.3, -0.25) is 4.79 Å². The van der Waals surface area contributed by atoms with E-state index in [2.05, 4.69) is 26.2 Å². The van der Waals surface area contributed by atoms with Gasteiger partial charge in [-0.1, -0.05) is 24.3 Å². The first-order valence-electron chi connectivity index (χ1n) is 6.26. The molecule has 20 heavy (non-hydrogen) atoms. The molecule has 0 radical (unpaired) electrons. The lowest BCUT2D eigenvalue weighted by Gasteiger charge is -2.17. The Kier molecular flexibility index (Phi) is 4.39. The lowest BCUT2D eigenvalue weighted by Crippen LogP contribution is -2.28. The molecule has 0 fully saturated rings. The first-order chi connectivity index (χ1) is 9.49. The number of nitrogens with two attached hydrogens (primary N) is 1. The second-order valence-corrected chi connectivity index (χ2v) is 5.55. The number of aryl methyl sites for hydroxylation is 1. The zero-order chi connectivity index (χ0) is 14.7. The highest BCUT2D eigenvalue weighted by Crippen LogP contribution is 2.19. The summed E-state index contributed by atoms with van der Waals surface area (Å²) in [6.45, 7) is 3.97. The van der Waals surface area contributed by atoms with Gasteiger partial charge in [-0.2, -0.15) is 0 Å². The number of pyridine rings is 1. The Bertz CT molecular complexity index is 643. The Morgan fingerprint density at radius 1 is 1.40 bits per heavy atom. The van der Waals surface area contributed by atoms with Crippen molar-refractivity contribution in [3.05, 3.63) is 57.7 Å². The van der Waals surface area contributed by atoms with Crippen LogP contribution in [-0.4, -0.2) is 10.9 Å². The number of aromatic nitrogens is 1. The number of benzene rings is 1. The Morgan fingerprint density at radius 2 is 2.10 bits per heavy atom. The maximum atomic E-state index is 12.3. The quantitative estimate of drug-likeness (QED) is 0.906. The predicted molar refractivity (Wildman–Crippen MR) is 83.4 cm³/mol. The van der Waals surface area contributed by atoms with Crippen molar-refractivity contribution in [2.24, 2.45) is 0 Å². The van der Waals surface area contributed by atoms with Crippen molar-refractivity contribution in [1.29, 1.82) is 0 Å². The van der Waals surface area contributed by atoms with E-state index < -0.39 is 0 Å². The van der Waals surface area contributed by atoms with Crippen LogP contribution in [-0.2, 0) is 0 Å². The molecule has 0 aliphatic rings. The zero-order valence-corrected chi connectivity index (χ0v) is 12.9. The first-order valence-corrected chi connectivity index (χ1v) is 7.05. The minimum atomic E-state index is -0.230. The molecular formula is C15H16BrN3O. The van der Waals surface area contributed by atoms with Crippen molar-refractivity contribution in [3.8, 4) is 0 Å². The smallest absolute Gasteiger partial charge is 0.255 e. The van der Waals surface area contributed by atoms with Crippen LogP contribution in [0.3, 0.4) is 0 Å². The third-order valence-electron chi connectivity index (χ3n) is 3.13. The molecule has 1 amide bonds. The van der Waals surface area contributed by atoms with Crippen molar-refractivity contribution in [1.82, 2.24) is 10.3 Å². The molecule has 4 nitrogen and oxygen atoms in total. The molecule has 2 aromatic rings. The first kappa shape index (κ1) is 14.5. The lowest BCUT2D eigenvalue weighted by atomic mass is 10.0. The van der Waals surface area contributed by atoms with E-state index in [1.54, 1.807) is 12.3 Å². The highest BCUT2D eigenvalue weighted by Gasteiger charge is 2.15. The lowest BCUT2D eigenvalue weighted by molar-refractivity contribution is 0.0940. The van der Waals surface area contributed by atoms with Gasteiger partial charge in [-0.15, -0.1) is 0 Å². The Balaban J connectivity index is 2.20. The number of carbonyl (C=O) groups excluding carboxylic acids is 1. The molecule has 0 spiro atoms. The summed E-state index contributed by atoms with van der Waals surface area (Å²) in [5, 5.41) is 2.94. The fourth-order valence-electron chi connectivity index (χ4n) is 2.06. The van der Waals surface area contributed by atoms with Gasteiger partial charge in [0.1, 0.15) is 5.82 Å². The molecule has 1 unspecified atom stereocenters. The minimum absolute atomic E-state index is 0.0953. The maximum absolute atomic E-state index is 12.3. The average Bonchev–Trinajstić information content (AvgIpc) is 2.41. The van der Waals surface area contributed by atoms with E-state index in [0.29, 0.717) is 5.56 Å². The zero-order valence-electron chi connectivity index (χ0n) is 11.4. The number of hydrogen-bond donors (Lipinski definition) is 2. The Hall–Kier alpha value is -1.88. The van der Waals surface area contributed by atoms with E-state index in [1.807, 2.05) is 38.1 Å². The third kappa shape index (κ3) is 3.17. The summed E-state index contributed by atoms with van der Waals surface area (Å²) in [5.41, 5.74) is 8.34. The summed E-state index contributed by atoms with van der Waals surface area (Å²) in [4.78, 5) is 16.2. The van der Waals surface area contributed by atoms with Crippen molar-refractivity contribution >= 4 is 27.7 Å². The van der Waals surface area contributed by atoms with Crippen LogP contribution in [0.5, 0.6) is 0 Å².